The Hall–Kier alpha value is -1.30. The average molecular weight is 334 g/mol. The van der Waals surface area contributed by atoms with Gasteiger partial charge >= 0.3 is 0 Å². The Bertz CT molecular complexity index is 763. The Morgan fingerprint density at radius 3 is 2.40 bits per heavy atom. The first-order valence-corrected chi connectivity index (χ1v) is 7.77. The number of rotatable bonds is 3. The number of benzene rings is 2. The number of nitrogens with one attached hydrogen (secondary N) is 1. The van der Waals surface area contributed by atoms with Crippen LogP contribution >= 0.6 is 23.2 Å². The lowest BCUT2D eigenvalue weighted by molar-refractivity contribution is 0.598. The number of halogens is 3. The van der Waals surface area contributed by atoms with E-state index in [0.717, 1.165) is 5.56 Å². The second kappa shape index (κ2) is 5.60. The summed E-state index contributed by atoms with van der Waals surface area (Å²) in [6.45, 7) is 1.73. The maximum Gasteiger partial charge on any atom is 0.262 e. The molecule has 0 heterocycles. The van der Waals surface area contributed by atoms with Gasteiger partial charge in [0.1, 0.15) is 5.82 Å². The topological polar surface area (TPSA) is 46.2 Å². The third-order valence-electron chi connectivity index (χ3n) is 2.57. The highest BCUT2D eigenvalue weighted by molar-refractivity contribution is 7.92. The summed E-state index contributed by atoms with van der Waals surface area (Å²) in [4.78, 5) is -0.0900. The molecule has 0 saturated carbocycles. The fourth-order valence-electron chi connectivity index (χ4n) is 1.57. The van der Waals surface area contributed by atoms with Crippen LogP contribution in [0.2, 0.25) is 10.0 Å². The third-order valence-corrected chi connectivity index (χ3v) is 4.67. The first-order valence-electron chi connectivity index (χ1n) is 5.53. The van der Waals surface area contributed by atoms with E-state index in [0.29, 0.717) is 0 Å². The minimum atomic E-state index is -3.92. The summed E-state index contributed by atoms with van der Waals surface area (Å²) in [6.07, 6.45) is 0. The summed E-state index contributed by atoms with van der Waals surface area (Å²) in [5.41, 5.74) is 0.620. The lowest BCUT2D eigenvalue weighted by Gasteiger charge is -2.10. The highest BCUT2D eigenvalue weighted by Gasteiger charge is 2.17. The molecule has 0 aliphatic heterocycles. The average Bonchev–Trinajstić information content (AvgIpc) is 2.36. The van der Waals surface area contributed by atoms with Crippen molar-refractivity contribution in [3.05, 3.63) is 57.8 Å². The molecule has 0 spiro atoms. The van der Waals surface area contributed by atoms with Gasteiger partial charge in [0.05, 0.1) is 20.6 Å². The third kappa shape index (κ3) is 3.23. The van der Waals surface area contributed by atoms with E-state index in [-0.39, 0.29) is 20.6 Å². The smallest absolute Gasteiger partial charge is 0.262 e. The lowest BCUT2D eigenvalue weighted by atomic mass is 10.2. The summed E-state index contributed by atoms with van der Waals surface area (Å²) < 4.78 is 40.1. The number of hydrogen-bond donors (Lipinski definition) is 1. The van der Waals surface area contributed by atoms with Crippen LogP contribution in [0.1, 0.15) is 5.56 Å². The van der Waals surface area contributed by atoms with Gasteiger partial charge in [-0.3, -0.25) is 4.72 Å². The molecule has 7 heteroatoms. The molecule has 0 aliphatic carbocycles. The molecule has 0 amide bonds. The van der Waals surface area contributed by atoms with Crippen molar-refractivity contribution >= 4 is 38.9 Å². The molecule has 2 rings (SSSR count). The zero-order valence-electron chi connectivity index (χ0n) is 10.3. The van der Waals surface area contributed by atoms with Crippen LogP contribution in [0.4, 0.5) is 10.1 Å². The number of hydrogen-bond acceptors (Lipinski definition) is 2. The van der Waals surface area contributed by atoms with Gasteiger partial charge in [-0.2, -0.15) is 0 Å². The van der Waals surface area contributed by atoms with Gasteiger partial charge in [0.15, 0.2) is 0 Å². The van der Waals surface area contributed by atoms with E-state index in [9.17, 15) is 12.8 Å². The molecular formula is C13H10Cl2FNO2S. The SMILES string of the molecule is Cc1ccc(F)c(NS(=O)(=O)c2ccc(Cl)c(Cl)c2)c1. The second-order valence-electron chi connectivity index (χ2n) is 4.16. The van der Waals surface area contributed by atoms with Crippen molar-refractivity contribution in [3.8, 4) is 0 Å². The monoisotopic (exact) mass is 333 g/mol. The maximum atomic E-state index is 13.6. The van der Waals surface area contributed by atoms with E-state index in [1.54, 1.807) is 13.0 Å². The first kappa shape index (κ1) is 15.1. The molecule has 0 bridgehead atoms. The lowest BCUT2D eigenvalue weighted by Crippen LogP contribution is -2.14. The largest absolute Gasteiger partial charge is 0.277 e. The van der Waals surface area contributed by atoms with Crippen LogP contribution in [0, 0.1) is 12.7 Å². The molecule has 0 aliphatic rings. The predicted molar refractivity (Wildman–Crippen MR) is 78.4 cm³/mol. The van der Waals surface area contributed by atoms with Crippen molar-refractivity contribution in [1.82, 2.24) is 0 Å². The molecule has 2 aromatic carbocycles. The van der Waals surface area contributed by atoms with Crippen LogP contribution in [0.25, 0.3) is 0 Å². The van der Waals surface area contributed by atoms with Gasteiger partial charge in [-0.1, -0.05) is 29.3 Å². The standard InChI is InChI=1S/C13H10Cl2FNO2S/c1-8-2-5-12(16)13(6-8)17-20(18,19)9-3-4-10(14)11(15)7-9/h2-7,17H,1H3. The Kier molecular flexibility index (Phi) is 4.22. The summed E-state index contributed by atoms with van der Waals surface area (Å²) in [6, 6.07) is 8.02. The number of anilines is 1. The van der Waals surface area contributed by atoms with Gasteiger partial charge in [0.2, 0.25) is 0 Å². The minimum absolute atomic E-state index is 0.0900. The molecule has 0 unspecified atom stereocenters. The fraction of sp³-hybridized carbons (Fsp3) is 0.0769. The van der Waals surface area contributed by atoms with Crippen LogP contribution < -0.4 is 4.72 Å². The Morgan fingerprint density at radius 2 is 1.75 bits per heavy atom. The van der Waals surface area contributed by atoms with Gasteiger partial charge in [0.25, 0.3) is 10.0 Å². The van der Waals surface area contributed by atoms with E-state index in [1.165, 1.54) is 30.3 Å². The van der Waals surface area contributed by atoms with Gasteiger partial charge in [0, 0.05) is 0 Å². The van der Waals surface area contributed by atoms with Crippen LogP contribution in [0.15, 0.2) is 41.3 Å². The Labute approximate surface area is 126 Å². The van der Waals surface area contributed by atoms with Crippen LogP contribution in [0.3, 0.4) is 0 Å². The van der Waals surface area contributed by atoms with Gasteiger partial charge in [-0.25, -0.2) is 12.8 Å². The quantitative estimate of drug-likeness (QED) is 0.912. The number of sulfonamides is 1. The minimum Gasteiger partial charge on any atom is -0.277 e. The van der Waals surface area contributed by atoms with E-state index in [1.807, 2.05) is 0 Å². The molecule has 0 aromatic heterocycles. The zero-order valence-corrected chi connectivity index (χ0v) is 12.7. The molecular weight excluding hydrogens is 324 g/mol. The summed E-state index contributed by atoms with van der Waals surface area (Å²) in [5, 5.41) is 0.353. The van der Waals surface area contributed by atoms with Crippen LogP contribution in [-0.2, 0) is 10.0 Å². The van der Waals surface area contributed by atoms with Gasteiger partial charge in [-0.15, -0.1) is 0 Å². The van der Waals surface area contributed by atoms with E-state index < -0.39 is 15.8 Å². The summed E-state index contributed by atoms with van der Waals surface area (Å²) in [5.74, 6) is -0.653. The molecule has 106 valence electrons. The van der Waals surface area contributed by atoms with Crippen molar-refractivity contribution in [2.45, 2.75) is 11.8 Å². The Morgan fingerprint density at radius 1 is 1.05 bits per heavy atom. The molecule has 2 aromatic rings. The maximum absolute atomic E-state index is 13.6. The first-order chi connectivity index (χ1) is 9.29. The van der Waals surface area contributed by atoms with Crippen LogP contribution in [0.5, 0.6) is 0 Å². The summed E-state index contributed by atoms with van der Waals surface area (Å²) >= 11 is 11.5. The van der Waals surface area contributed by atoms with Crippen LogP contribution in [-0.4, -0.2) is 8.42 Å². The van der Waals surface area contributed by atoms with Crippen molar-refractivity contribution in [1.29, 1.82) is 0 Å². The van der Waals surface area contributed by atoms with Crippen molar-refractivity contribution in [2.24, 2.45) is 0 Å². The molecule has 1 N–H and O–H groups in total. The Balaban J connectivity index is 2.40. The predicted octanol–water partition coefficient (Wildman–Crippen LogP) is 4.24. The molecule has 20 heavy (non-hydrogen) atoms. The van der Waals surface area contributed by atoms with E-state index >= 15 is 0 Å². The molecule has 0 radical (unpaired) electrons. The van der Waals surface area contributed by atoms with Crippen molar-refractivity contribution < 1.29 is 12.8 Å². The van der Waals surface area contributed by atoms with Crippen molar-refractivity contribution in [3.63, 3.8) is 0 Å². The fourth-order valence-corrected chi connectivity index (χ4v) is 3.01. The molecule has 0 atom stereocenters. The van der Waals surface area contributed by atoms with Gasteiger partial charge < -0.3 is 0 Å². The highest BCUT2D eigenvalue weighted by Crippen LogP contribution is 2.26. The van der Waals surface area contributed by atoms with Gasteiger partial charge in [-0.05, 0) is 42.8 Å². The zero-order chi connectivity index (χ0) is 14.9. The molecule has 0 saturated heterocycles. The molecule has 3 nitrogen and oxygen atoms in total. The molecule has 0 fully saturated rings. The van der Waals surface area contributed by atoms with Crippen molar-refractivity contribution in [2.75, 3.05) is 4.72 Å². The van der Waals surface area contributed by atoms with E-state index in [4.69, 9.17) is 23.2 Å². The second-order valence-corrected chi connectivity index (χ2v) is 6.66. The number of aryl methyl sites for hydroxylation is 1. The summed E-state index contributed by atoms with van der Waals surface area (Å²) in [7, 11) is -3.92. The van der Waals surface area contributed by atoms with E-state index in [2.05, 4.69) is 4.72 Å². The normalized spacial score (nSPS) is 11.4. The highest BCUT2D eigenvalue weighted by atomic mass is 35.5.